The van der Waals surface area contributed by atoms with Crippen LogP contribution in [-0.4, -0.2) is 12.1 Å². The van der Waals surface area contributed by atoms with E-state index in [0.29, 0.717) is 5.54 Å². The molecule has 1 saturated carbocycles. The maximum absolute atomic E-state index is 3.88. The molecule has 4 atom stereocenters. The van der Waals surface area contributed by atoms with E-state index in [-0.39, 0.29) is 0 Å². The third-order valence-electron chi connectivity index (χ3n) is 5.35. The second-order valence-electron chi connectivity index (χ2n) is 6.40. The molecule has 1 heterocycles. The quantitative estimate of drug-likeness (QED) is 0.763. The van der Waals surface area contributed by atoms with Crippen LogP contribution in [0, 0.1) is 17.8 Å². The van der Waals surface area contributed by atoms with Crippen molar-refractivity contribution in [3.8, 4) is 0 Å². The van der Waals surface area contributed by atoms with Crippen LogP contribution in [0.25, 0.3) is 0 Å². The minimum atomic E-state index is 0.531. The third-order valence-corrected chi connectivity index (χ3v) is 5.35. The van der Waals surface area contributed by atoms with Crippen LogP contribution in [0.5, 0.6) is 0 Å². The highest BCUT2D eigenvalue weighted by Gasteiger charge is 2.42. The maximum Gasteiger partial charge on any atom is 0.0210 e. The lowest BCUT2D eigenvalue weighted by molar-refractivity contribution is 0.111. The van der Waals surface area contributed by atoms with E-state index in [9.17, 15) is 0 Å². The summed E-state index contributed by atoms with van der Waals surface area (Å²) < 4.78 is 0. The molecule has 1 aliphatic heterocycles. The molecule has 4 unspecified atom stereocenters. The van der Waals surface area contributed by atoms with Crippen molar-refractivity contribution in [3.63, 3.8) is 0 Å². The Morgan fingerprint density at radius 3 is 2.56 bits per heavy atom. The molecule has 1 aliphatic carbocycles. The Bertz CT molecular complexity index is 217. The Morgan fingerprint density at radius 1 is 1.19 bits per heavy atom. The van der Waals surface area contributed by atoms with Gasteiger partial charge in [-0.2, -0.15) is 0 Å². The monoisotopic (exact) mass is 223 g/mol. The summed E-state index contributed by atoms with van der Waals surface area (Å²) in [7, 11) is 0. The molecule has 2 rings (SSSR count). The van der Waals surface area contributed by atoms with Gasteiger partial charge in [-0.3, -0.25) is 0 Å². The van der Waals surface area contributed by atoms with Gasteiger partial charge >= 0.3 is 0 Å². The topological polar surface area (TPSA) is 12.0 Å². The predicted molar refractivity (Wildman–Crippen MR) is 70.5 cm³/mol. The summed E-state index contributed by atoms with van der Waals surface area (Å²) in [4.78, 5) is 0. The van der Waals surface area contributed by atoms with Crippen molar-refractivity contribution in [2.24, 2.45) is 17.8 Å². The van der Waals surface area contributed by atoms with Crippen LogP contribution in [0.2, 0.25) is 0 Å². The zero-order valence-electron chi connectivity index (χ0n) is 11.4. The lowest BCUT2D eigenvalue weighted by atomic mass is 9.66. The van der Waals surface area contributed by atoms with Gasteiger partial charge in [-0.1, -0.05) is 33.6 Å². The standard InChI is InChI=1S/C15H29N/c1-4-8-15(9-5-10-16-15)14-7-6-12(2)13(3)11-14/h12-14,16H,4-11H2,1-3H3. The van der Waals surface area contributed by atoms with Crippen LogP contribution in [0.4, 0.5) is 0 Å². The molecule has 0 amide bonds. The van der Waals surface area contributed by atoms with Gasteiger partial charge in [0.25, 0.3) is 0 Å². The van der Waals surface area contributed by atoms with Gasteiger partial charge in [-0.25, -0.2) is 0 Å². The van der Waals surface area contributed by atoms with E-state index in [4.69, 9.17) is 0 Å². The first-order valence-corrected chi connectivity index (χ1v) is 7.43. The van der Waals surface area contributed by atoms with Gasteiger partial charge in [0.2, 0.25) is 0 Å². The summed E-state index contributed by atoms with van der Waals surface area (Å²) in [5.74, 6) is 2.85. The van der Waals surface area contributed by atoms with Crippen molar-refractivity contribution < 1.29 is 0 Å². The molecule has 0 aromatic rings. The van der Waals surface area contributed by atoms with Crippen molar-refractivity contribution in [1.82, 2.24) is 5.32 Å². The molecule has 1 heteroatoms. The number of nitrogens with one attached hydrogen (secondary N) is 1. The van der Waals surface area contributed by atoms with Crippen molar-refractivity contribution in [3.05, 3.63) is 0 Å². The zero-order chi connectivity index (χ0) is 11.6. The summed E-state index contributed by atoms with van der Waals surface area (Å²) in [6.07, 6.45) is 9.98. The fourth-order valence-corrected chi connectivity index (χ4v) is 4.09. The van der Waals surface area contributed by atoms with E-state index in [0.717, 1.165) is 17.8 Å². The normalized spacial score (nSPS) is 44.8. The van der Waals surface area contributed by atoms with Crippen LogP contribution >= 0.6 is 0 Å². The number of rotatable bonds is 3. The Labute approximate surface area is 101 Å². The van der Waals surface area contributed by atoms with Gasteiger partial charge in [0.15, 0.2) is 0 Å². The predicted octanol–water partition coefficient (Wildman–Crippen LogP) is 3.98. The first kappa shape index (κ1) is 12.4. The van der Waals surface area contributed by atoms with E-state index in [2.05, 4.69) is 26.1 Å². The Hall–Kier alpha value is -0.0400. The highest BCUT2D eigenvalue weighted by Crippen LogP contribution is 2.44. The highest BCUT2D eigenvalue weighted by atomic mass is 15.0. The zero-order valence-corrected chi connectivity index (χ0v) is 11.4. The Morgan fingerprint density at radius 2 is 2.00 bits per heavy atom. The molecule has 0 aromatic heterocycles. The molecule has 2 aliphatic rings. The Kier molecular flexibility index (Phi) is 3.94. The first-order chi connectivity index (χ1) is 7.68. The largest absolute Gasteiger partial charge is 0.311 e. The third kappa shape index (κ3) is 2.30. The van der Waals surface area contributed by atoms with Gasteiger partial charge in [0.05, 0.1) is 0 Å². The van der Waals surface area contributed by atoms with E-state index >= 15 is 0 Å². The molecule has 94 valence electrons. The van der Waals surface area contributed by atoms with Crippen LogP contribution in [0.15, 0.2) is 0 Å². The van der Waals surface area contributed by atoms with Crippen LogP contribution in [-0.2, 0) is 0 Å². The Balaban J connectivity index is 2.03. The molecule has 0 aromatic carbocycles. The summed E-state index contributed by atoms with van der Waals surface area (Å²) in [6, 6.07) is 0. The fourth-order valence-electron chi connectivity index (χ4n) is 4.09. The molecular formula is C15H29N. The van der Waals surface area contributed by atoms with Gasteiger partial charge < -0.3 is 5.32 Å². The maximum atomic E-state index is 3.88. The number of hydrogen-bond donors (Lipinski definition) is 1. The van der Waals surface area contributed by atoms with E-state index < -0.39 is 0 Å². The SMILES string of the molecule is CCCC1(C2CCC(C)C(C)C2)CCCN1. The van der Waals surface area contributed by atoms with E-state index in [1.165, 1.54) is 51.5 Å². The minimum absolute atomic E-state index is 0.531. The minimum Gasteiger partial charge on any atom is -0.311 e. The molecule has 0 spiro atoms. The van der Waals surface area contributed by atoms with Crippen molar-refractivity contribution in [2.75, 3.05) is 6.54 Å². The molecule has 16 heavy (non-hydrogen) atoms. The molecule has 0 bridgehead atoms. The second kappa shape index (κ2) is 5.08. The average molecular weight is 223 g/mol. The first-order valence-electron chi connectivity index (χ1n) is 7.43. The van der Waals surface area contributed by atoms with Gasteiger partial charge in [0.1, 0.15) is 0 Å². The van der Waals surface area contributed by atoms with Gasteiger partial charge in [-0.15, -0.1) is 0 Å². The highest BCUT2D eigenvalue weighted by molar-refractivity contribution is 5.00. The summed E-state index contributed by atoms with van der Waals surface area (Å²) in [6.45, 7) is 8.51. The average Bonchev–Trinajstić information content (AvgIpc) is 2.72. The molecule has 1 nitrogen and oxygen atoms in total. The van der Waals surface area contributed by atoms with Crippen LogP contribution in [0.1, 0.15) is 65.7 Å². The van der Waals surface area contributed by atoms with Gasteiger partial charge in [0, 0.05) is 5.54 Å². The van der Waals surface area contributed by atoms with Crippen LogP contribution < -0.4 is 5.32 Å². The fraction of sp³-hybridized carbons (Fsp3) is 1.00. The van der Waals surface area contributed by atoms with Crippen molar-refractivity contribution in [1.29, 1.82) is 0 Å². The van der Waals surface area contributed by atoms with Crippen molar-refractivity contribution >= 4 is 0 Å². The van der Waals surface area contributed by atoms with E-state index in [1.807, 2.05) is 0 Å². The van der Waals surface area contributed by atoms with Crippen molar-refractivity contribution in [2.45, 2.75) is 71.3 Å². The summed E-state index contributed by atoms with van der Waals surface area (Å²) in [5, 5.41) is 3.88. The molecule has 1 saturated heterocycles. The second-order valence-corrected chi connectivity index (χ2v) is 6.40. The lowest BCUT2D eigenvalue weighted by Crippen LogP contribution is -2.49. The summed E-state index contributed by atoms with van der Waals surface area (Å²) in [5.41, 5.74) is 0.531. The van der Waals surface area contributed by atoms with E-state index in [1.54, 1.807) is 0 Å². The molecule has 1 N–H and O–H groups in total. The molecule has 0 radical (unpaired) electrons. The van der Waals surface area contributed by atoms with Crippen LogP contribution in [0.3, 0.4) is 0 Å². The summed E-state index contributed by atoms with van der Waals surface area (Å²) >= 11 is 0. The molecular weight excluding hydrogens is 194 g/mol. The van der Waals surface area contributed by atoms with Gasteiger partial charge in [-0.05, 0) is 56.4 Å². The lowest BCUT2D eigenvalue weighted by Gasteiger charge is -2.44. The smallest absolute Gasteiger partial charge is 0.0210 e. The molecule has 2 fully saturated rings. The number of hydrogen-bond acceptors (Lipinski definition) is 1.